The predicted molar refractivity (Wildman–Crippen MR) is 63.6 cm³/mol. The van der Waals surface area contributed by atoms with Crippen LogP contribution in [0.5, 0.6) is 0 Å². The third-order valence-corrected chi connectivity index (χ3v) is 3.09. The van der Waals surface area contributed by atoms with Crippen LogP contribution in [0.1, 0.15) is 31.0 Å². The molecule has 17 heavy (non-hydrogen) atoms. The zero-order chi connectivity index (χ0) is 12.9. The highest BCUT2D eigenvalue weighted by Gasteiger charge is 2.27. The highest BCUT2D eigenvalue weighted by Crippen LogP contribution is 2.28. The van der Waals surface area contributed by atoms with Crippen LogP contribution in [0.15, 0.2) is 22.8 Å². The average molecular weight is 311 g/mol. The Morgan fingerprint density at radius 3 is 2.71 bits per heavy atom. The third kappa shape index (κ3) is 5.04. The SMILES string of the molecule is CNC(CCCC(F)(F)F)c1ncccc1Br. The maximum Gasteiger partial charge on any atom is 0.389 e. The number of pyridine rings is 1. The smallest absolute Gasteiger partial charge is 0.312 e. The van der Waals surface area contributed by atoms with E-state index < -0.39 is 12.6 Å². The summed E-state index contributed by atoms with van der Waals surface area (Å²) < 4.78 is 37.0. The van der Waals surface area contributed by atoms with Crippen molar-refractivity contribution in [2.75, 3.05) is 7.05 Å². The minimum absolute atomic E-state index is 0.0953. The standard InChI is InChI=1S/C11H14BrF3N2/c1-16-9(5-2-6-11(13,14)15)10-8(12)4-3-7-17-10/h3-4,7,9,16H,2,5-6H2,1H3. The fourth-order valence-corrected chi connectivity index (χ4v) is 2.11. The maximum absolute atomic E-state index is 12.0. The van der Waals surface area contributed by atoms with Gasteiger partial charge in [-0.25, -0.2) is 0 Å². The molecule has 0 amide bonds. The Bertz CT molecular complexity index is 355. The molecule has 0 aliphatic heterocycles. The van der Waals surface area contributed by atoms with Crippen molar-refractivity contribution in [3.63, 3.8) is 0 Å². The Morgan fingerprint density at radius 2 is 2.18 bits per heavy atom. The van der Waals surface area contributed by atoms with Crippen LogP contribution in [0, 0.1) is 0 Å². The molecule has 0 radical (unpaired) electrons. The van der Waals surface area contributed by atoms with Gasteiger partial charge in [-0.2, -0.15) is 13.2 Å². The van der Waals surface area contributed by atoms with Crippen molar-refractivity contribution in [2.45, 2.75) is 31.5 Å². The Kier molecular flexibility index (Phi) is 5.39. The van der Waals surface area contributed by atoms with Crippen LogP contribution < -0.4 is 5.32 Å². The van der Waals surface area contributed by atoms with E-state index in [1.165, 1.54) is 0 Å². The zero-order valence-electron chi connectivity index (χ0n) is 9.39. The molecular weight excluding hydrogens is 297 g/mol. The van der Waals surface area contributed by atoms with Gasteiger partial charge in [0, 0.05) is 17.1 Å². The topological polar surface area (TPSA) is 24.9 Å². The van der Waals surface area contributed by atoms with Crippen molar-refractivity contribution in [2.24, 2.45) is 0 Å². The lowest BCUT2D eigenvalue weighted by molar-refractivity contribution is -0.135. The van der Waals surface area contributed by atoms with Gasteiger partial charge in [0.1, 0.15) is 0 Å². The summed E-state index contributed by atoms with van der Waals surface area (Å²) in [7, 11) is 1.72. The molecule has 1 aromatic heterocycles. The Labute approximate surface area is 107 Å². The number of aromatic nitrogens is 1. The van der Waals surface area contributed by atoms with E-state index in [9.17, 15) is 13.2 Å². The fourth-order valence-electron chi connectivity index (χ4n) is 1.58. The Balaban J connectivity index is 2.58. The first-order valence-electron chi connectivity index (χ1n) is 5.28. The molecule has 1 rings (SSSR count). The van der Waals surface area contributed by atoms with Crippen molar-refractivity contribution >= 4 is 15.9 Å². The minimum Gasteiger partial charge on any atom is -0.312 e. The van der Waals surface area contributed by atoms with E-state index in [2.05, 4.69) is 26.2 Å². The molecule has 0 bridgehead atoms. The third-order valence-electron chi connectivity index (χ3n) is 2.42. The summed E-state index contributed by atoms with van der Waals surface area (Å²) >= 11 is 3.34. The molecule has 2 nitrogen and oxygen atoms in total. The van der Waals surface area contributed by atoms with Crippen LogP contribution in [-0.2, 0) is 0 Å². The molecule has 0 fully saturated rings. The quantitative estimate of drug-likeness (QED) is 0.894. The van der Waals surface area contributed by atoms with E-state index in [1.807, 2.05) is 6.07 Å². The van der Waals surface area contributed by atoms with Gasteiger partial charge in [-0.1, -0.05) is 0 Å². The Morgan fingerprint density at radius 1 is 1.47 bits per heavy atom. The number of nitrogens with one attached hydrogen (secondary N) is 1. The van der Waals surface area contributed by atoms with E-state index in [1.54, 1.807) is 19.3 Å². The van der Waals surface area contributed by atoms with Gasteiger partial charge in [-0.05, 0) is 48.0 Å². The summed E-state index contributed by atoms with van der Waals surface area (Å²) in [6, 6.07) is 3.44. The normalized spacial score (nSPS) is 13.7. The molecule has 1 heterocycles. The van der Waals surface area contributed by atoms with E-state index in [0.29, 0.717) is 6.42 Å². The largest absolute Gasteiger partial charge is 0.389 e. The lowest BCUT2D eigenvalue weighted by atomic mass is 10.1. The van der Waals surface area contributed by atoms with Gasteiger partial charge in [-0.15, -0.1) is 0 Å². The molecule has 0 aliphatic rings. The van der Waals surface area contributed by atoms with E-state index >= 15 is 0 Å². The second-order valence-electron chi connectivity index (χ2n) is 3.72. The second kappa shape index (κ2) is 6.35. The lowest BCUT2D eigenvalue weighted by Gasteiger charge is -2.17. The average Bonchev–Trinajstić information content (AvgIpc) is 2.24. The highest BCUT2D eigenvalue weighted by atomic mass is 79.9. The number of hydrogen-bond acceptors (Lipinski definition) is 2. The van der Waals surface area contributed by atoms with E-state index in [4.69, 9.17) is 0 Å². The van der Waals surface area contributed by atoms with Crippen molar-refractivity contribution in [3.8, 4) is 0 Å². The number of rotatable bonds is 5. The van der Waals surface area contributed by atoms with Gasteiger partial charge < -0.3 is 5.32 Å². The summed E-state index contributed by atoms with van der Waals surface area (Å²) in [6.07, 6.45) is -2.70. The minimum atomic E-state index is -4.08. The van der Waals surface area contributed by atoms with Gasteiger partial charge in [-0.3, -0.25) is 4.98 Å². The number of halogens is 4. The summed E-state index contributed by atoms with van der Waals surface area (Å²) in [4.78, 5) is 4.17. The molecule has 6 heteroatoms. The number of alkyl halides is 3. The first-order chi connectivity index (χ1) is 7.94. The van der Waals surface area contributed by atoms with Crippen LogP contribution in [0.4, 0.5) is 13.2 Å². The molecule has 1 atom stereocenters. The highest BCUT2D eigenvalue weighted by molar-refractivity contribution is 9.10. The van der Waals surface area contributed by atoms with E-state index in [-0.39, 0.29) is 12.5 Å². The van der Waals surface area contributed by atoms with Gasteiger partial charge in [0.2, 0.25) is 0 Å². The Hall–Kier alpha value is -0.620. The molecule has 0 aromatic carbocycles. The molecule has 0 aliphatic carbocycles. The van der Waals surface area contributed by atoms with Crippen LogP contribution in [0.2, 0.25) is 0 Å². The summed E-state index contributed by atoms with van der Waals surface area (Å²) in [5.41, 5.74) is 0.747. The maximum atomic E-state index is 12.0. The summed E-state index contributed by atoms with van der Waals surface area (Å²) in [5.74, 6) is 0. The van der Waals surface area contributed by atoms with Crippen molar-refractivity contribution < 1.29 is 13.2 Å². The molecule has 1 unspecified atom stereocenters. The van der Waals surface area contributed by atoms with Crippen LogP contribution in [0.3, 0.4) is 0 Å². The number of nitrogens with zero attached hydrogens (tertiary/aromatic N) is 1. The molecule has 96 valence electrons. The molecule has 0 saturated carbocycles. The van der Waals surface area contributed by atoms with Gasteiger partial charge >= 0.3 is 6.18 Å². The molecule has 1 aromatic rings. The molecular formula is C11H14BrF3N2. The molecule has 0 saturated heterocycles. The van der Waals surface area contributed by atoms with Crippen LogP contribution in [0.25, 0.3) is 0 Å². The zero-order valence-corrected chi connectivity index (χ0v) is 11.0. The summed E-state index contributed by atoms with van der Waals surface area (Å²) in [5, 5.41) is 2.99. The van der Waals surface area contributed by atoms with Gasteiger partial charge in [0.05, 0.1) is 11.7 Å². The predicted octanol–water partition coefficient (Wildman–Crippen LogP) is 3.84. The van der Waals surface area contributed by atoms with Crippen LogP contribution in [-0.4, -0.2) is 18.2 Å². The molecule has 1 N–H and O–H groups in total. The monoisotopic (exact) mass is 310 g/mol. The van der Waals surface area contributed by atoms with Gasteiger partial charge in [0.25, 0.3) is 0 Å². The van der Waals surface area contributed by atoms with Crippen molar-refractivity contribution in [1.82, 2.24) is 10.3 Å². The number of hydrogen-bond donors (Lipinski definition) is 1. The lowest BCUT2D eigenvalue weighted by Crippen LogP contribution is -2.19. The fraction of sp³-hybridized carbons (Fsp3) is 0.545. The van der Waals surface area contributed by atoms with Crippen LogP contribution >= 0.6 is 15.9 Å². The van der Waals surface area contributed by atoms with Crippen molar-refractivity contribution in [1.29, 1.82) is 0 Å². The first-order valence-corrected chi connectivity index (χ1v) is 6.08. The van der Waals surface area contributed by atoms with Crippen molar-refractivity contribution in [3.05, 3.63) is 28.5 Å². The van der Waals surface area contributed by atoms with E-state index in [0.717, 1.165) is 10.2 Å². The second-order valence-corrected chi connectivity index (χ2v) is 4.57. The van der Waals surface area contributed by atoms with Gasteiger partial charge in [0.15, 0.2) is 0 Å². The first kappa shape index (κ1) is 14.4. The summed E-state index contributed by atoms with van der Waals surface area (Å²) in [6.45, 7) is 0. The molecule has 0 spiro atoms.